The Morgan fingerprint density at radius 1 is 0.833 bits per heavy atom. The summed E-state index contributed by atoms with van der Waals surface area (Å²) >= 11 is 1.76. The Morgan fingerprint density at radius 3 is 2.17 bits per heavy atom. The molecule has 0 bridgehead atoms. The maximum absolute atomic E-state index is 13.2. The number of benzene rings is 3. The molecule has 0 heterocycles. The first-order valence-corrected chi connectivity index (χ1v) is 11.1. The van der Waals surface area contributed by atoms with Gasteiger partial charge in [-0.15, -0.1) is 11.8 Å². The number of hydrogen-bond acceptors (Lipinski definition) is 3. The number of nitrogens with zero attached hydrogens (tertiary/aromatic N) is 2. The molecule has 0 saturated carbocycles. The summed E-state index contributed by atoms with van der Waals surface area (Å²) in [6.07, 6.45) is 3.55. The smallest absolute Gasteiger partial charge is 0.251 e. The highest BCUT2D eigenvalue weighted by molar-refractivity contribution is 7.98. The van der Waals surface area contributed by atoms with E-state index in [0.29, 0.717) is 6.54 Å². The second-order valence-electron chi connectivity index (χ2n) is 7.28. The minimum absolute atomic E-state index is 0.00605. The van der Waals surface area contributed by atoms with Crippen LogP contribution in [0.5, 0.6) is 0 Å². The molecule has 0 fully saturated rings. The van der Waals surface area contributed by atoms with Gasteiger partial charge in [-0.1, -0.05) is 72.8 Å². The molecule has 0 spiro atoms. The molecule has 1 amide bonds. The third kappa shape index (κ3) is 6.61. The average Bonchev–Trinajstić information content (AvgIpc) is 2.78. The molecule has 0 aliphatic rings. The molecule has 0 unspecified atom stereocenters. The number of carbonyl (C=O) groups excluding carboxylic acids is 1. The molecule has 0 aliphatic carbocycles. The van der Waals surface area contributed by atoms with Crippen molar-refractivity contribution in [1.29, 1.82) is 0 Å². The molecule has 0 N–H and O–H groups in total. The van der Waals surface area contributed by atoms with Gasteiger partial charge in [0.05, 0.1) is 5.69 Å². The lowest BCUT2D eigenvalue weighted by Crippen LogP contribution is -2.36. The number of hydrogen-bond donors (Lipinski definition) is 0. The van der Waals surface area contributed by atoms with Crippen LogP contribution >= 0.6 is 11.8 Å². The number of thioether (sulfide) groups is 1. The van der Waals surface area contributed by atoms with Crippen LogP contribution in [0.3, 0.4) is 0 Å². The van der Waals surface area contributed by atoms with Crippen molar-refractivity contribution in [1.82, 2.24) is 4.90 Å². The first kappa shape index (κ1) is 21.9. The molecular weight excluding hydrogens is 388 g/mol. The SMILES string of the molecule is CN(C)CCN(C(=O)C=Cc1ccccc1)c1ccccc1SCc1ccccc1. The fraction of sp³-hybridized carbons (Fsp3) is 0.192. The van der Waals surface area contributed by atoms with E-state index in [1.165, 1.54) is 5.56 Å². The molecule has 154 valence electrons. The lowest BCUT2D eigenvalue weighted by atomic mass is 10.2. The van der Waals surface area contributed by atoms with Gasteiger partial charge in [0.2, 0.25) is 0 Å². The van der Waals surface area contributed by atoms with Crippen LogP contribution in [0.25, 0.3) is 6.08 Å². The second-order valence-corrected chi connectivity index (χ2v) is 8.30. The van der Waals surface area contributed by atoms with Crippen LogP contribution in [-0.4, -0.2) is 38.0 Å². The number of anilines is 1. The zero-order valence-corrected chi connectivity index (χ0v) is 18.4. The van der Waals surface area contributed by atoms with Gasteiger partial charge in [0.1, 0.15) is 0 Å². The molecule has 0 radical (unpaired) electrons. The second kappa shape index (κ2) is 11.4. The van der Waals surface area contributed by atoms with E-state index in [9.17, 15) is 4.79 Å². The molecule has 3 nitrogen and oxygen atoms in total. The predicted octanol–water partition coefficient (Wildman–Crippen LogP) is 5.59. The molecule has 3 aromatic rings. The lowest BCUT2D eigenvalue weighted by molar-refractivity contribution is -0.114. The summed E-state index contributed by atoms with van der Waals surface area (Å²) in [7, 11) is 4.05. The van der Waals surface area contributed by atoms with Crippen LogP contribution < -0.4 is 4.90 Å². The first-order chi connectivity index (χ1) is 14.6. The molecule has 0 saturated heterocycles. The number of rotatable bonds is 9. The van der Waals surface area contributed by atoms with Gasteiger partial charge < -0.3 is 9.80 Å². The topological polar surface area (TPSA) is 23.6 Å². The molecule has 0 aliphatic heterocycles. The lowest BCUT2D eigenvalue weighted by Gasteiger charge is -2.25. The van der Waals surface area contributed by atoms with Crippen molar-refractivity contribution in [3.63, 3.8) is 0 Å². The molecule has 0 atom stereocenters. The standard InChI is InChI=1S/C26H28N2OS/c1-27(2)19-20-28(26(29)18-17-22-11-5-3-6-12-22)24-15-9-10-16-25(24)30-21-23-13-7-4-8-14-23/h3-18H,19-21H2,1-2H3. The zero-order chi connectivity index (χ0) is 21.2. The van der Waals surface area contributed by atoms with Gasteiger partial charge >= 0.3 is 0 Å². The Balaban J connectivity index is 1.82. The molecule has 30 heavy (non-hydrogen) atoms. The van der Waals surface area contributed by atoms with E-state index in [1.54, 1.807) is 17.8 Å². The summed E-state index contributed by atoms with van der Waals surface area (Å²) in [5.74, 6) is 0.862. The van der Waals surface area contributed by atoms with E-state index >= 15 is 0 Å². The molecule has 0 aromatic heterocycles. The number of amides is 1. The van der Waals surface area contributed by atoms with Crippen molar-refractivity contribution in [2.24, 2.45) is 0 Å². The van der Waals surface area contributed by atoms with E-state index < -0.39 is 0 Å². The Labute approximate surface area is 184 Å². The predicted molar refractivity (Wildman–Crippen MR) is 129 cm³/mol. The highest BCUT2D eigenvalue weighted by atomic mass is 32.2. The van der Waals surface area contributed by atoms with E-state index in [0.717, 1.165) is 28.4 Å². The van der Waals surface area contributed by atoms with Gasteiger partial charge in [-0.3, -0.25) is 4.79 Å². The van der Waals surface area contributed by atoms with Crippen molar-refractivity contribution in [2.45, 2.75) is 10.6 Å². The van der Waals surface area contributed by atoms with Crippen LogP contribution in [0.1, 0.15) is 11.1 Å². The number of carbonyl (C=O) groups is 1. The summed E-state index contributed by atoms with van der Waals surface area (Å²) < 4.78 is 0. The minimum atomic E-state index is -0.00605. The van der Waals surface area contributed by atoms with Crippen LogP contribution in [-0.2, 0) is 10.5 Å². The van der Waals surface area contributed by atoms with Crippen molar-refractivity contribution in [3.05, 3.63) is 102 Å². The summed E-state index contributed by atoms with van der Waals surface area (Å²) in [6, 6.07) is 28.5. The molecule has 3 aromatic carbocycles. The maximum Gasteiger partial charge on any atom is 0.251 e. The summed E-state index contributed by atoms with van der Waals surface area (Å²) in [5, 5.41) is 0. The molecular formula is C26H28N2OS. The average molecular weight is 417 g/mol. The Kier molecular flexibility index (Phi) is 8.30. The quantitative estimate of drug-likeness (QED) is 0.336. The fourth-order valence-corrected chi connectivity index (χ4v) is 4.02. The Morgan fingerprint density at radius 2 is 1.47 bits per heavy atom. The van der Waals surface area contributed by atoms with Gasteiger partial charge in [0, 0.05) is 29.8 Å². The Bertz CT molecular complexity index is 955. The first-order valence-electron chi connectivity index (χ1n) is 10.1. The molecule has 4 heteroatoms. The normalized spacial score (nSPS) is 11.2. The highest BCUT2D eigenvalue weighted by Gasteiger charge is 2.17. The van der Waals surface area contributed by atoms with Crippen molar-refractivity contribution >= 4 is 29.4 Å². The fourth-order valence-electron chi connectivity index (χ4n) is 3.01. The minimum Gasteiger partial charge on any atom is -0.308 e. The zero-order valence-electron chi connectivity index (χ0n) is 17.6. The van der Waals surface area contributed by atoms with Crippen LogP contribution in [0.2, 0.25) is 0 Å². The maximum atomic E-state index is 13.2. The number of likely N-dealkylation sites (N-methyl/N-ethyl adjacent to an activating group) is 1. The Hall–Kier alpha value is -2.82. The largest absolute Gasteiger partial charge is 0.308 e. The van der Waals surface area contributed by atoms with Crippen LogP contribution in [0.15, 0.2) is 95.9 Å². The van der Waals surface area contributed by atoms with E-state index in [4.69, 9.17) is 0 Å². The van der Waals surface area contributed by atoms with Crippen molar-refractivity contribution < 1.29 is 4.79 Å². The third-order valence-electron chi connectivity index (χ3n) is 4.65. The van der Waals surface area contributed by atoms with Crippen molar-refractivity contribution in [2.75, 3.05) is 32.1 Å². The van der Waals surface area contributed by atoms with E-state index in [-0.39, 0.29) is 5.91 Å². The summed E-state index contributed by atoms with van der Waals surface area (Å²) in [5.41, 5.74) is 3.25. The van der Waals surface area contributed by atoms with Crippen LogP contribution in [0, 0.1) is 0 Å². The summed E-state index contributed by atoms with van der Waals surface area (Å²) in [4.78, 5) is 18.3. The van der Waals surface area contributed by atoms with Gasteiger partial charge in [-0.25, -0.2) is 0 Å². The monoisotopic (exact) mass is 416 g/mol. The highest BCUT2D eigenvalue weighted by Crippen LogP contribution is 2.32. The molecule has 3 rings (SSSR count). The van der Waals surface area contributed by atoms with Gasteiger partial charge in [-0.2, -0.15) is 0 Å². The number of para-hydroxylation sites is 1. The van der Waals surface area contributed by atoms with E-state index in [1.807, 2.05) is 79.7 Å². The van der Waals surface area contributed by atoms with Gasteiger partial charge in [0.15, 0.2) is 0 Å². The van der Waals surface area contributed by atoms with E-state index in [2.05, 4.69) is 35.2 Å². The van der Waals surface area contributed by atoms with Crippen LogP contribution in [0.4, 0.5) is 5.69 Å². The van der Waals surface area contributed by atoms with Gasteiger partial charge in [0.25, 0.3) is 5.91 Å². The van der Waals surface area contributed by atoms with Crippen molar-refractivity contribution in [3.8, 4) is 0 Å². The summed E-state index contributed by atoms with van der Waals surface area (Å²) in [6.45, 7) is 1.43. The van der Waals surface area contributed by atoms with Gasteiger partial charge in [-0.05, 0) is 43.4 Å². The third-order valence-corrected chi connectivity index (χ3v) is 5.78.